The quantitative estimate of drug-likeness (QED) is 0.679. The molecule has 2 aliphatic rings. The van der Waals surface area contributed by atoms with E-state index in [9.17, 15) is 4.79 Å². The summed E-state index contributed by atoms with van der Waals surface area (Å²) in [5, 5.41) is 3.73. The summed E-state index contributed by atoms with van der Waals surface area (Å²) in [6, 6.07) is 19.0. The lowest BCUT2D eigenvalue weighted by molar-refractivity contribution is -0.113. The van der Waals surface area contributed by atoms with Gasteiger partial charge in [0, 0.05) is 49.3 Å². The Morgan fingerprint density at radius 1 is 0.900 bits per heavy atom. The second kappa shape index (κ2) is 10.9. The molecule has 1 aliphatic heterocycles. The van der Waals surface area contributed by atoms with Crippen LogP contribution in [0.3, 0.4) is 0 Å². The lowest BCUT2D eigenvalue weighted by Gasteiger charge is -2.36. The Morgan fingerprint density at radius 2 is 1.60 bits per heavy atom. The van der Waals surface area contributed by atoms with Gasteiger partial charge in [0.25, 0.3) is 0 Å². The van der Waals surface area contributed by atoms with Crippen molar-refractivity contribution in [3.8, 4) is 0 Å². The van der Waals surface area contributed by atoms with Crippen LogP contribution in [0.25, 0.3) is 0 Å². The molecule has 0 bridgehead atoms. The second-order valence-electron chi connectivity index (χ2n) is 8.41. The standard InChI is InChI=1S/C25H33N3OS/c29-25(20-30-24-9-5-2-6-10-24)26-22-11-13-23(14-12-22)28-17-15-27(16-18-28)19-21-7-3-1-4-8-21/h1,3-4,7-8,11-14,24H,2,5-6,9-10,15-20H2,(H,26,29). The van der Waals surface area contributed by atoms with Gasteiger partial charge < -0.3 is 10.2 Å². The molecule has 4 rings (SSSR count). The van der Waals surface area contributed by atoms with Gasteiger partial charge in [-0.2, -0.15) is 0 Å². The van der Waals surface area contributed by atoms with Gasteiger partial charge in [0.1, 0.15) is 0 Å². The van der Waals surface area contributed by atoms with Crippen molar-refractivity contribution in [2.45, 2.75) is 43.9 Å². The lowest BCUT2D eigenvalue weighted by atomic mass is 10.0. The Bertz CT molecular complexity index is 782. The highest BCUT2D eigenvalue weighted by Crippen LogP contribution is 2.28. The van der Waals surface area contributed by atoms with Gasteiger partial charge in [-0.3, -0.25) is 9.69 Å². The van der Waals surface area contributed by atoms with Crippen molar-refractivity contribution in [3.05, 3.63) is 60.2 Å². The summed E-state index contributed by atoms with van der Waals surface area (Å²) >= 11 is 1.83. The molecule has 0 aromatic heterocycles. The molecule has 1 saturated heterocycles. The molecule has 2 fully saturated rings. The number of nitrogens with zero attached hydrogens (tertiary/aromatic N) is 2. The predicted molar refractivity (Wildman–Crippen MR) is 128 cm³/mol. The average molecular weight is 424 g/mol. The van der Waals surface area contributed by atoms with Crippen molar-refractivity contribution < 1.29 is 4.79 Å². The number of nitrogens with one attached hydrogen (secondary N) is 1. The summed E-state index contributed by atoms with van der Waals surface area (Å²) in [5.74, 6) is 0.684. The molecule has 5 heteroatoms. The average Bonchev–Trinajstić information content (AvgIpc) is 2.80. The van der Waals surface area contributed by atoms with Gasteiger partial charge in [-0.15, -0.1) is 11.8 Å². The SMILES string of the molecule is O=C(CSC1CCCCC1)Nc1ccc(N2CCN(Cc3ccccc3)CC2)cc1. The number of carbonyl (C=O) groups excluding carboxylic acids is 1. The van der Waals surface area contributed by atoms with Crippen LogP contribution in [0.4, 0.5) is 11.4 Å². The maximum Gasteiger partial charge on any atom is 0.234 e. The van der Waals surface area contributed by atoms with E-state index in [0.29, 0.717) is 11.0 Å². The van der Waals surface area contributed by atoms with Crippen molar-refractivity contribution in [3.63, 3.8) is 0 Å². The molecule has 1 saturated carbocycles. The van der Waals surface area contributed by atoms with Gasteiger partial charge in [-0.1, -0.05) is 49.6 Å². The predicted octanol–water partition coefficient (Wildman–Crippen LogP) is 5.01. The summed E-state index contributed by atoms with van der Waals surface area (Å²) in [7, 11) is 0. The van der Waals surface area contributed by atoms with Crippen LogP contribution in [0.2, 0.25) is 0 Å². The number of piperazine rings is 1. The van der Waals surface area contributed by atoms with Crippen molar-refractivity contribution in [2.24, 2.45) is 0 Å². The zero-order valence-electron chi connectivity index (χ0n) is 17.8. The maximum absolute atomic E-state index is 12.3. The number of carbonyl (C=O) groups is 1. The highest BCUT2D eigenvalue weighted by atomic mass is 32.2. The van der Waals surface area contributed by atoms with E-state index < -0.39 is 0 Å². The van der Waals surface area contributed by atoms with Gasteiger partial charge >= 0.3 is 0 Å². The minimum absolute atomic E-state index is 0.118. The smallest absolute Gasteiger partial charge is 0.234 e. The molecule has 30 heavy (non-hydrogen) atoms. The van der Waals surface area contributed by atoms with Crippen LogP contribution < -0.4 is 10.2 Å². The van der Waals surface area contributed by atoms with E-state index in [1.54, 1.807) is 0 Å². The summed E-state index contributed by atoms with van der Waals surface area (Å²) in [5.41, 5.74) is 3.52. The third-order valence-electron chi connectivity index (χ3n) is 6.14. The van der Waals surface area contributed by atoms with Crippen molar-refractivity contribution in [2.75, 3.05) is 42.1 Å². The van der Waals surface area contributed by atoms with Crippen LogP contribution in [0.1, 0.15) is 37.7 Å². The van der Waals surface area contributed by atoms with Crippen molar-refractivity contribution in [1.82, 2.24) is 4.90 Å². The van der Waals surface area contributed by atoms with E-state index in [4.69, 9.17) is 0 Å². The van der Waals surface area contributed by atoms with Crippen LogP contribution in [0.15, 0.2) is 54.6 Å². The first kappa shape index (κ1) is 21.3. The number of hydrogen-bond donors (Lipinski definition) is 1. The van der Waals surface area contributed by atoms with Crippen LogP contribution in [0, 0.1) is 0 Å². The summed E-state index contributed by atoms with van der Waals surface area (Å²) in [6.45, 7) is 5.25. The molecule has 1 amide bonds. The molecule has 2 aromatic carbocycles. The number of hydrogen-bond acceptors (Lipinski definition) is 4. The summed E-state index contributed by atoms with van der Waals surface area (Å²) in [4.78, 5) is 17.2. The fourth-order valence-corrected chi connectivity index (χ4v) is 5.51. The number of rotatable bonds is 7. The first-order chi connectivity index (χ1) is 14.8. The van der Waals surface area contributed by atoms with E-state index in [0.717, 1.165) is 38.4 Å². The van der Waals surface area contributed by atoms with Gasteiger partial charge in [0.2, 0.25) is 5.91 Å². The maximum atomic E-state index is 12.3. The number of anilines is 2. The molecule has 2 aromatic rings. The Hall–Kier alpha value is -1.98. The third kappa shape index (κ3) is 6.26. The van der Waals surface area contributed by atoms with E-state index in [2.05, 4.69) is 57.6 Å². The van der Waals surface area contributed by atoms with Gasteiger partial charge in [0.05, 0.1) is 5.75 Å². The molecular weight excluding hydrogens is 390 g/mol. The molecule has 1 aliphatic carbocycles. The molecular formula is C25H33N3OS. The minimum atomic E-state index is 0.118. The highest BCUT2D eigenvalue weighted by Gasteiger charge is 2.18. The number of thioether (sulfide) groups is 1. The van der Waals surface area contributed by atoms with Crippen LogP contribution in [-0.4, -0.2) is 48.0 Å². The first-order valence-corrected chi connectivity index (χ1v) is 12.3. The lowest BCUT2D eigenvalue weighted by Crippen LogP contribution is -2.45. The Kier molecular flexibility index (Phi) is 7.70. The molecule has 1 heterocycles. The van der Waals surface area contributed by atoms with Gasteiger partial charge in [0.15, 0.2) is 0 Å². The Morgan fingerprint density at radius 3 is 2.30 bits per heavy atom. The summed E-state index contributed by atoms with van der Waals surface area (Å²) in [6.07, 6.45) is 6.54. The Labute approximate surface area is 185 Å². The molecule has 0 atom stereocenters. The fraction of sp³-hybridized carbons (Fsp3) is 0.480. The van der Waals surface area contributed by atoms with E-state index >= 15 is 0 Å². The number of benzene rings is 2. The molecule has 1 N–H and O–H groups in total. The van der Waals surface area contributed by atoms with Gasteiger partial charge in [-0.05, 0) is 42.7 Å². The molecule has 160 valence electrons. The number of amides is 1. The largest absolute Gasteiger partial charge is 0.369 e. The normalized spacial score (nSPS) is 18.3. The summed E-state index contributed by atoms with van der Waals surface area (Å²) < 4.78 is 0. The first-order valence-electron chi connectivity index (χ1n) is 11.3. The fourth-order valence-electron chi connectivity index (χ4n) is 4.38. The minimum Gasteiger partial charge on any atom is -0.369 e. The van der Waals surface area contributed by atoms with Crippen LogP contribution in [-0.2, 0) is 11.3 Å². The van der Waals surface area contributed by atoms with E-state index in [-0.39, 0.29) is 5.91 Å². The highest BCUT2D eigenvalue weighted by molar-refractivity contribution is 8.00. The zero-order valence-corrected chi connectivity index (χ0v) is 18.6. The van der Waals surface area contributed by atoms with E-state index in [1.165, 1.54) is 43.4 Å². The van der Waals surface area contributed by atoms with Gasteiger partial charge in [-0.25, -0.2) is 0 Å². The molecule has 0 unspecified atom stereocenters. The Balaban J connectivity index is 1.20. The van der Waals surface area contributed by atoms with Crippen LogP contribution in [0.5, 0.6) is 0 Å². The second-order valence-corrected chi connectivity index (χ2v) is 9.70. The van der Waals surface area contributed by atoms with Crippen molar-refractivity contribution >= 4 is 29.0 Å². The molecule has 4 nitrogen and oxygen atoms in total. The molecule has 0 spiro atoms. The third-order valence-corrected chi connectivity index (χ3v) is 7.51. The monoisotopic (exact) mass is 423 g/mol. The van der Waals surface area contributed by atoms with Crippen LogP contribution >= 0.6 is 11.8 Å². The van der Waals surface area contributed by atoms with E-state index in [1.807, 2.05) is 23.9 Å². The van der Waals surface area contributed by atoms with Crippen molar-refractivity contribution in [1.29, 1.82) is 0 Å². The zero-order chi connectivity index (χ0) is 20.6. The topological polar surface area (TPSA) is 35.6 Å². The molecule has 0 radical (unpaired) electrons.